The second-order valence-electron chi connectivity index (χ2n) is 11.5. The predicted molar refractivity (Wildman–Crippen MR) is 172 cm³/mol. The predicted octanol–water partition coefficient (Wildman–Crippen LogP) is 7.02. The van der Waals surface area contributed by atoms with Crippen LogP contribution in [0.1, 0.15) is 54.1 Å². The number of hydrogen-bond acceptors (Lipinski definition) is 7. The molecular weight excluding hydrogens is 568 g/mol. The van der Waals surface area contributed by atoms with Gasteiger partial charge in [0.15, 0.2) is 11.5 Å². The van der Waals surface area contributed by atoms with Gasteiger partial charge < -0.3 is 24.2 Å². The molecule has 1 aromatic heterocycles. The summed E-state index contributed by atoms with van der Waals surface area (Å²) in [4.78, 5) is 32.6. The molecule has 1 fully saturated rings. The number of aromatic nitrogens is 1. The standard InChI is InChI=1S/C37H38N2O6/c1-24(2)17-20-44-31-14-11-28(21-32(31)43-4)34-33(36(41)37(42)39(34)22-26-15-18-38-19-16-26)35(40)27-9-12-30(13-10-27)45-23-29-8-6-5-7-25(29)3/h5-16,18-19,21,24,34,40H,17,20,22-23H2,1-4H3. The number of benzene rings is 3. The van der Waals surface area contributed by atoms with Crippen LogP contribution in [0.4, 0.5) is 0 Å². The van der Waals surface area contributed by atoms with Crippen molar-refractivity contribution in [3.8, 4) is 17.2 Å². The number of hydrogen-bond donors (Lipinski definition) is 1. The van der Waals surface area contributed by atoms with Crippen molar-refractivity contribution in [1.82, 2.24) is 9.88 Å². The minimum atomic E-state index is -0.867. The molecule has 4 aromatic rings. The number of aliphatic hydroxyl groups is 1. The van der Waals surface area contributed by atoms with Crippen LogP contribution in [0.2, 0.25) is 0 Å². The first-order chi connectivity index (χ1) is 21.8. The van der Waals surface area contributed by atoms with Crippen molar-refractivity contribution in [3.63, 3.8) is 0 Å². The highest BCUT2D eigenvalue weighted by atomic mass is 16.5. The number of nitrogens with zero attached hydrogens (tertiary/aromatic N) is 2. The van der Waals surface area contributed by atoms with E-state index in [0.717, 1.165) is 23.1 Å². The number of likely N-dealkylation sites (tertiary alicyclic amines) is 1. The van der Waals surface area contributed by atoms with Gasteiger partial charge in [0.05, 0.1) is 25.3 Å². The zero-order valence-electron chi connectivity index (χ0n) is 26.0. The van der Waals surface area contributed by atoms with Crippen LogP contribution < -0.4 is 14.2 Å². The third-order valence-electron chi connectivity index (χ3n) is 7.88. The Morgan fingerprint density at radius 3 is 2.36 bits per heavy atom. The lowest BCUT2D eigenvalue weighted by Gasteiger charge is -2.26. The van der Waals surface area contributed by atoms with Crippen LogP contribution in [-0.2, 0) is 22.7 Å². The monoisotopic (exact) mass is 606 g/mol. The maximum atomic E-state index is 13.6. The molecule has 0 bridgehead atoms. The van der Waals surface area contributed by atoms with Gasteiger partial charge in [-0.25, -0.2) is 0 Å². The van der Waals surface area contributed by atoms with Gasteiger partial charge in [-0.15, -0.1) is 0 Å². The van der Waals surface area contributed by atoms with Crippen LogP contribution in [0, 0.1) is 12.8 Å². The molecule has 8 heteroatoms. The van der Waals surface area contributed by atoms with Crippen molar-refractivity contribution >= 4 is 17.4 Å². The van der Waals surface area contributed by atoms with E-state index in [9.17, 15) is 14.7 Å². The average molecular weight is 607 g/mol. The van der Waals surface area contributed by atoms with Gasteiger partial charge in [-0.05, 0) is 90.0 Å². The van der Waals surface area contributed by atoms with E-state index in [2.05, 4.69) is 18.8 Å². The molecule has 232 valence electrons. The molecule has 1 saturated heterocycles. The van der Waals surface area contributed by atoms with E-state index in [-0.39, 0.29) is 17.9 Å². The number of carbonyl (C=O) groups excluding carboxylic acids is 2. The van der Waals surface area contributed by atoms with Gasteiger partial charge in [-0.1, -0.05) is 44.2 Å². The van der Waals surface area contributed by atoms with Crippen molar-refractivity contribution < 1.29 is 28.9 Å². The summed E-state index contributed by atoms with van der Waals surface area (Å²) in [6.07, 6.45) is 4.15. The molecule has 45 heavy (non-hydrogen) atoms. The first kappa shape index (κ1) is 31.3. The summed E-state index contributed by atoms with van der Waals surface area (Å²) >= 11 is 0. The number of carbonyl (C=O) groups is 2. The fourth-order valence-corrected chi connectivity index (χ4v) is 5.25. The summed E-state index contributed by atoms with van der Waals surface area (Å²) < 4.78 is 17.6. The molecule has 0 radical (unpaired) electrons. The first-order valence-corrected chi connectivity index (χ1v) is 15.0. The smallest absolute Gasteiger partial charge is 0.295 e. The van der Waals surface area contributed by atoms with E-state index >= 15 is 0 Å². The van der Waals surface area contributed by atoms with Crippen molar-refractivity contribution in [2.24, 2.45) is 5.92 Å². The number of ketones is 1. The highest BCUT2D eigenvalue weighted by Crippen LogP contribution is 2.43. The molecule has 0 spiro atoms. The second-order valence-corrected chi connectivity index (χ2v) is 11.5. The number of aliphatic hydroxyl groups excluding tert-OH is 1. The molecule has 0 aliphatic carbocycles. The van der Waals surface area contributed by atoms with Crippen LogP contribution >= 0.6 is 0 Å². The van der Waals surface area contributed by atoms with E-state index in [1.807, 2.05) is 31.2 Å². The summed E-state index contributed by atoms with van der Waals surface area (Å²) in [6, 6.07) is 22.9. The molecule has 1 atom stereocenters. The largest absolute Gasteiger partial charge is 0.507 e. The van der Waals surface area contributed by atoms with Crippen LogP contribution in [0.5, 0.6) is 17.2 Å². The van der Waals surface area contributed by atoms with Gasteiger partial charge in [-0.3, -0.25) is 14.6 Å². The van der Waals surface area contributed by atoms with Gasteiger partial charge in [0.2, 0.25) is 0 Å². The molecule has 0 saturated carbocycles. The lowest BCUT2D eigenvalue weighted by Crippen LogP contribution is -2.29. The molecule has 2 heterocycles. The molecule has 1 N–H and O–H groups in total. The van der Waals surface area contributed by atoms with Gasteiger partial charge in [-0.2, -0.15) is 0 Å². The third-order valence-corrected chi connectivity index (χ3v) is 7.88. The van der Waals surface area contributed by atoms with Crippen LogP contribution in [0.3, 0.4) is 0 Å². The zero-order valence-corrected chi connectivity index (χ0v) is 26.0. The van der Waals surface area contributed by atoms with Crippen molar-refractivity contribution in [1.29, 1.82) is 0 Å². The van der Waals surface area contributed by atoms with E-state index in [4.69, 9.17) is 14.2 Å². The number of aryl methyl sites for hydroxylation is 1. The Bertz CT molecular complexity index is 1680. The number of methoxy groups -OCH3 is 1. The van der Waals surface area contributed by atoms with Crippen molar-refractivity contribution in [2.75, 3.05) is 13.7 Å². The topological polar surface area (TPSA) is 98.2 Å². The maximum absolute atomic E-state index is 13.6. The summed E-state index contributed by atoms with van der Waals surface area (Å²) in [5, 5.41) is 11.6. The number of ether oxygens (including phenoxy) is 3. The molecule has 5 rings (SSSR count). The second kappa shape index (κ2) is 14.1. The highest BCUT2D eigenvalue weighted by molar-refractivity contribution is 6.46. The Balaban J connectivity index is 1.49. The Labute approximate surface area is 263 Å². The van der Waals surface area contributed by atoms with E-state index in [1.54, 1.807) is 74.1 Å². The first-order valence-electron chi connectivity index (χ1n) is 15.0. The average Bonchev–Trinajstić information content (AvgIpc) is 3.29. The molecule has 1 aliphatic rings. The van der Waals surface area contributed by atoms with E-state index in [1.165, 1.54) is 4.90 Å². The summed E-state index contributed by atoms with van der Waals surface area (Å²) in [6.45, 7) is 7.36. The summed E-state index contributed by atoms with van der Waals surface area (Å²) in [5.74, 6) is 0.405. The minimum absolute atomic E-state index is 0.00170. The molecule has 1 unspecified atom stereocenters. The number of amides is 1. The van der Waals surface area contributed by atoms with Gasteiger partial charge >= 0.3 is 0 Å². The van der Waals surface area contributed by atoms with Gasteiger partial charge in [0.1, 0.15) is 18.1 Å². The highest BCUT2D eigenvalue weighted by Gasteiger charge is 2.46. The molecule has 1 aliphatic heterocycles. The van der Waals surface area contributed by atoms with E-state index in [0.29, 0.717) is 47.5 Å². The molecule has 8 nitrogen and oxygen atoms in total. The normalized spacial score (nSPS) is 15.8. The summed E-state index contributed by atoms with van der Waals surface area (Å²) in [5.41, 5.74) is 4.01. The quantitative estimate of drug-likeness (QED) is 0.105. The lowest BCUT2D eigenvalue weighted by atomic mass is 9.94. The molecule has 3 aromatic carbocycles. The fourth-order valence-electron chi connectivity index (χ4n) is 5.25. The van der Waals surface area contributed by atoms with Crippen LogP contribution in [0.15, 0.2) is 96.8 Å². The third kappa shape index (κ3) is 7.17. The molecular formula is C37H38N2O6. The van der Waals surface area contributed by atoms with Gasteiger partial charge in [0, 0.05) is 24.5 Å². The number of Topliss-reactive ketones (excluding diaryl/α,β-unsaturated/α-hetero) is 1. The number of pyridine rings is 1. The van der Waals surface area contributed by atoms with Crippen molar-refractivity contribution in [3.05, 3.63) is 125 Å². The maximum Gasteiger partial charge on any atom is 0.295 e. The summed E-state index contributed by atoms with van der Waals surface area (Å²) in [7, 11) is 1.55. The zero-order chi connectivity index (χ0) is 31.9. The Hall–Kier alpha value is -5.11. The fraction of sp³-hybridized carbons (Fsp3) is 0.270. The van der Waals surface area contributed by atoms with Crippen LogP contribution in [-0.4, -0.2) is 40.4 Å². The Kier molecular flexibility index (Phi) is 9.82. The van der Waals surface area contributed by atoms with E-state index < -0.39 is 17.7 Å². The lowest BCUT2D eigenvalue weighted by molar-refractivity contribution is -0.140. The van der Waals surface area contributed by atoms with Crippen molar-refractivity contribution in [2.45, 2.75) is 46.4 Å². The van der Waals surface area contributed by atoms with Crippen LogP contribution in [0.25, 0.3) is 5.76 Å². The Morgan fingerprint density at radius 1 is 0.933 bits per heavy atom. The minimum Gasteiger partial charge on any atom is -0.507 e. The van der Waals surface area contributed by atoms with Gasteiger partial charge in [0.25, 0.3) is 11.7 Å². The SMILES string of the molecule is COc1cc(C2C(=C(O)c3ccc(OCc4ccccc4C)cc3)C(=O)C(=O)N2Cc2ccncc2)ccc1OCCC(C)C. The number of rotatable bonds is 12. The Morgan fingerprint density at radius 2 is 1.67 bits per heavy atom. The molecule has 1 amide bonds.